The summed E-state index contributed by atoms with van der Waals surface area (Å²) in [7, 11) is 1.11. The fourth-order valence-corrected chi connectivity index (χ4v) is 2.81. The summed E-state index contributed by atoms with van der Waals surface area (Å²) in [5, 5.41) is 2.85. The normalized spacial score (nSPS) is 13.6. The summed E-state index contributed by atoms with van der Waals surface area (Å²) >= 11 is 0. The Morgan fingerprint density at radius 1 is 1.56 bits per heavy atom. The van der Waals surface area contributed by atoms with Gasteiger partial charge < -0.3 is 10.1 Å². The van der Waals surface area contributed by atoms with E-state index in [9.17, 15) is 8.42 Å². The Morgan fingerprint density at radius 3 is 2.78 bits per heavy atom. The van der Waals surface area contributed by atoms with E-state index >= 15 is 0 Å². The lowest BCUT2D eigenvalue weighted by Crippen LogP contribution is -2.34. The van der Waals surface area contributed by atoms with Crippen LogP contribution in [0.4, 0.5) is 5.69 Å². The molecule has 0 aliphatic heterocycles. The second-order valence-corrected chi connectivity index (χ2v) is 5.90. The number of methoxy groups -OCH3 is 1. The molecule has 0 aliphatic rings. The third-order valence-corrected chi connectivity index (χ3v) is 4.40. The summed E-state index contributed by atoms with van der Waals surface area (Å²) in [5.41, 5.74) is 0.481. The van der Waals surface area contributed by atoms with Crippen LogP contribution in [0.5, 0.6) is 0 Å². The molecule has 1 aromatic heterocycles. The van der Waals surface area contributed by atoms with E-state index in [1.807, 2.05) is 6.92 Å². The molecule has 0 fully saturated rings. The highest BCUT2D eigenvalue weighted by atomic mass is 32.2. The van der Waals surface area contributed by atoms with Crippen LogP contribution in [0.2, 0.25) is 0 Å². The van der Waals surface area contributed by atoms with E-state index < -0.39 is 10.0 Å². The second kappa shape index (κ2) is 6.12. The Kier molecular flexibility index (Phi) is 5.06. The first-order valence-corrected chi connectivity index (χ1v) is 6.99. The van der Waals surface area contributed by atoms with Crippen LogP contribution in [0.15, 0.2) is 23.4 Å². The van der Waals surface area contributed by atoms with Crippen LogP contribution < -0.4 is 5.32 Å². The largest absolute Gasteiger partial charge is 0.386 e. The first kappa shape index (κ1) is 14.9. The average Bonchev–Trinajstić information content (AvgIpc) is 2.38. The van der Waals surface area contributed by atoms with Crippen molar-refractivity contribution in [2.75, 3.05) is 33.1 Å². The average molecular weight is 273 g/mol. The molecule has 1 heterocycles. The van der Waals surface area contributed by atoms with Crippen LogP contribution in [0.3, 0.4) is 0 Å². The Hall–Kier alpha value is -1.18. The van der Waals surface area contributed by atoms with Gasteiger partial charge in [0.1, 0.15) is 0 Å². The highest BCUT2D eigenvalue weighted by Gasteiger charge is 2.26. The molecule has 1 rings (SSSR count). The standard InChI is InChI=1S/C11H19N3O3S/c1-9(17-4)8-14(3)18(15,16)11-10(12-2)6-5-7-13-11/h5-7,9,12H,8H2,1-4H3. The lowest BCUT2D eigenvalue weighted by molar-refractivity contribution is 0.104. The molecule has 6 nitrogen and oxygen atoms in total. The number of rotatable bonds is 6. The molecule has 7 heteroatoms. The van der Waals surface area contributed by atoms with E-state index in [4.69, 9.17) is 4.74 Å². The van der Waals surface area contributed by atoms with Crippen LogP contribution >= 0.6 is 0 Å². The van der Waals surface area contributed by atoms with Crippen molar-refractivity contribution in [1.29, 1.82) is 0 Å². The fourth-order valence-electron chi connectivity index (χ4n) is 1.47. The van der Waals surface area contributed by atoms with Gasteiger partial charge in [-0.15, -0.1) is 0 Å². The number of pyridine rings is 1. The van der Waals surface area contributed by atoms with Gasteiger partial charge in [0.05, 0.1) is 11.8 Å². The maximum Gasteiger partial charge on any atom is 0.262 e. The molecule has 0 saturated carbocycles. The molecule has 0 aliphatic carbocycles. The predicted octanol–water partition coefficient (Wildman–Crippen LogP) is 0.779. The highest BCUT2D eigenvalue weighted by molar-refractivity contribution is 7.89. The van der Waals surface area contributed by atoms with Crippen LogP contribution in [0, 0.1) is 0 Å². The van der Waals surface area contributed by atoms with Crippen molar-refractivity contribution in [1.82, 2.24) is 9.29 Å². The molecule has 1 aromatic rings. The molecule has 1 atom stereocenters. The number of ether oxygens (including phenoxy) is 1. The van der Waals surface area contributed by atoms with Gasteiger partial charge >= 0.3 is 0 Å². The fraction of sp³-hybridized carbons (Fsp3) is 0.545. The molecule has 1 unspecified atom stereocenters. The Labute approximate surface area is 108 Å². The maximum absolute atomic E-state index is 12.3. The van der Waals surface area contributed by atoms with E-state index in [1.165, 1.54) is 17.5 Å². The summed E-state index contributed by atoms with van der Waals surface area (Å²) in [6, 6.07) is 3.36. The number of sulfonamides is 1. The zero-order valence-corrected chi connectivity index (χ0v) is 11.9. The lowest BCUT2D eigenvalue weighted by atomic mass is 10.4. The van der Waals surface area contributed by atoms with Gasteiger partial charge in [0, 0.05) is 33.9 Å². The van der Waals surface area contributed by atoms with Crippen LogP contribution in [0.1, 0.15) is 6.92 Å². The number of aromatic nitrogens is 1. The zero-order valence-electron chi connectivity index (χ0n) is 11.0. The molecule has 0 radical (unpaired) electrons. The van der Waals surface area contributed by atoms with Crippen molar-refractivity contribution in [3.05, 3.63) is 18.3 Å². The smallest absolute Gasteiger partial charge is 0.262 e. The molecule has 0 saturated heterocycles. The Morgan fingerprint density at radius 2 is 2.22 bits per heavy atom. The van der Waals surface area contributed by atoms with Crippen LogP contribution in [-0.4, -0.2) is 51.6 Å². The number of nitrogens with zero attached hydrogens (tertiary/aromatic N) is 2. The predicted molar refractivity (Wildman–Crippen MR) is 70.1 cm³/mol. The summed E-state index contributed by atoms with van der Waals surface area (Å²) in [4.78, 5) is 3.94. The summed E-state index contributed by atoms with van der Waals surface area (Å²) in [5.74, 6) is 0. The van der Waals surface area contributed by atoms with Gasteiger partial charge in [-0.3, -0.25) is 0 Å². The first-order valence-electron chi connectivity index (χ1n) is 5.55. The Balaban J connectivity index is 3.05. The van der Waals surface area contributed by atoms with Crippen molar-refractivity contribution >= 4 is 15.7 Å². The van der Waals surface area contributed by atoms with Gasteiger partial charge in [-0.2, -0.15) is 4.31 Å². The summed E-state index contributed by atoms with van der Waals surface area (Å²) in [6.07, 6.45) is 1.29. The quantitative estimate of drug-likeness (QED) is 0.829. The molecule has 18 heavy (non-hydrogen) atoms. The third-order valence-electron chi connectivity index (χ3n) is 2.61. The zero-order chi connectivity index (χ0) is 13.8. The SMILES string of the molecule is CNc1cccnc1S(=O)(=O)N(C)CC(C)OC. The molecule has 0 amide bonds. The van der Waals surface area contributed by atoms with Crippen molar-refractivity contribution in [3.8, 4) is 0 Å². The second-order valence-electron chi connectivity index (χ2n) is 3.94. The minimum atomic E-state index is -3.61. The molecule has 0 bridgehead atoms. The van der Waals surface area contributed by atoms with Gasteiger partial charge in [-0.1, -0.05) is 0 Å². The third kappa shape index (κ3) is 3.18. The first-order chi connectivity index (χ1) is 8.43. The molecule has 102 valence electrons. The van der Waals surface area contributed by atoms with Crippen molar-refractivity contribution in [2.24, 2.45) is 0 Å². The van der Waals surface area contributed by atoms with E-state index in [0.29, 0.717) is 5.69 Å². The number of hydrogen-bond acceptors (Lipinski definition) is 5. The van der Waals surface area contributed by atoms with Gasteiger partial charge in [0.15, 0.2) is 5.03 Å². The van der Waals surface area contributed by atoms with Crippen molar-refractivity contribution < 1.29 is 13.2 Å². The highest BCUT2D eigenvalue weighted by Crippen LogP contribution is 2.20. The minimum Gasteiger partial charge on any atom is -0.386 e. The van der Waals surface area contributed by atoms with Gasteiger partial charge in [-0.25, -0.2) is 13.4 Å². The summed E-state index contributed by atoms with van der Waals surface area (Å²) in [6.45, 7) is 2.09. The van der Waals surface area contributed by atoms with Gasteiger partial charge in [0.2, 0.25) is 0 Å². The number of anilines is 1. The molecular weight excluding hydrogens is 254 g/mol. The number of likely N-dealkylation sites (N-methyl/N-ethyl adjacent to an activating group) is 1. The Bertz CT molecular complexity index is 490. The van der Waals surface area contributed by atoms with Crippen LogP contribution in [-0.2, 0) is 14.8 Å². The minimum absolute atomic E-state index is 0.0262. The van der Waals surface area contributed by atoms with Crippen molar-refractivity contribution in [2.45, 2.75) is 18.1 Å². The van der Waals surface area contributed by atoms with E-state index in [0.717, 1.165) is 0 Å². The van der Waals surface area contributed by atoms with Crippen molar-refractivity contribution in [3.63, 3.8) is 0 Å². The van der Waals surface area contributed by atoms with Crippen LogP contribution in [0.25, 0.3) is 0 Å². The molecular formula is C11H19N3O3S. The number of hydrogen-bond donors (Lipinski definition) is 1. The monoisotopic (exact) mass is 273 g/mol. The summed E-state index contributed by atoms with van der Waals surface area (Å²) < 4.78 is 31.0. The molecule has 1 N–H and O–H groups in total. The number of nitrogens with one attached hydrogen (secondary N) is 1. The van der Waals surface area contributed by atoms with E-state index in [1.54, 1.807) is 26.3 Å². The topological polar surface area (TPSA) is 71.5 Å². The van der Waals surface area contributed by atoms with E-state index in [2.05, 4.69) is 10.3 Å². The van der Waals surface area contributed by atoms with Gasteiger partial charge in [-0.05, 0) is 19.1 Å². The molecule has 0 aromatic carbocycles. The molecule has 0 spiro atoms. The van der Waals surface area contributed by atoms with Gasteiger partial charge in [0.25, 0.3) is 10.0 Å². The lowest BCUT2D eigenvalue weighted by Gasteiger charge is -2.21. The van der Waals surface area contributed by atoms with E-state index in [-0.39, 0.29) is 17.7 Å². The maximum atomic E-state index is 12.3.